The van der Waals surface area contributed by atoms with Gasteiger partial charge >= 0.3 is 0 Å². The topological polar surface area (TPSA) is 15.3 Å². The average Bonchev–Trinajstić information content (AvgIpc) is 3.36. The molecule has 1 N–H and O–H groups in total. The molecule has 0 aromatic heterocycles. The van der Waals surface area contributed by atoms with Crippen LogP contribution < -0.4 is 5.32 Å². The van der Waals surface area contributed by atoms with E-state index in [2.05, 4.69) is 24.1 Å². The van der Waals surface area contributed by atoms with Gasteiger partial charge in [-0.3, -0.25) is 4.90 Å². The Labute approximate surface area is 132 Å². The van der Waals surface area contributed by atoms with Crippen LogP contribution in [0, 0.1) is 17.8 Å². The molecule has 122 valence electrons. The quantitative estimate of drug-likeness (QED) is 0.689. The lowest BCUT2D eigenvalue weighted by Gasteiger charge is -2.43. The average molecular weight is 293 g/mol. The summed E-state index contributed by atoms with van der Waals surface area (Å²) in [7, 11) is 0. The fraction of sp³-hybridized carbons (Fsp3) is 1.00. The number of likely N-dealkylation sites (N-methyl/N-ethyl adjacent to an activating group) is 1. The Kier molecular flexibility index (Phi) is 5.61. The van der Waals surface area contributed by atoms with Gasteiger partial charge in [0.05, 0.1) is 0 Å². The molecule has 0 aliphatic heterocycles. The van der Waals surface area contributed by atoms with Crippen molar-refractivity contribution in [2.45, 2.75) is 83.7 Å². The molecule has 3 unspecified atom stereocenters. The molecule has 0 aromatic rings. The smallest absolute Gasteiger partial charge is 0.0252 e. The van der Waals surface area contributed by atoms with Crippen molar-refractivity contribution >= 4 is 0 Å². The third-order valence-electron chi connectivity index (χ3n) is 5.94. The van der Waals surface area contributed by atoms with Gasteiger partial charge in [-0.05, 0) is 69.2 Å². The maximum atomic E-state index is 3.82. The van der Waals surface area contributed by atoms with Gasteiger partial charge in [0, 0.05) is 25.2 Å². The minimum absolute atomic E-state index is 0.764. The molecule has 3 fully saturated rings. The van der Waals surface area contributed by atoms with E-state index in [9.17, 15) is 0 Å². The van der Waals surface area contributed by atoms with Gasteiger partial charge in [0.15, 0.2) is 0 Å². The van der Waals surface area contributed by atoms with E-state index in [4.69, 9.17) is 0 Å². The highest BCUT2D eigenvalue weighted by atomic mass is 15.2. The number of hydrogen-bond donors (Lipinski definition) is 1. The van der Waals surface area contributed by atoms with Crippen LogP contribution in [0.15, 0.2) is 0 Å². The SMILES string of the molecule is CCCC1CCC(NCC)C(N(CC2CC2)CC2CC2)C1. The van der Waals surface area contributed by atoms with Crippen LogP contribution >= 0.6 is 0 Å². The van der Waals surface area contributed by atoms with Crippen LogP contribution in [0.3, 0.4) is 0 Å². The van der Waals surface area contributed by atoms with Crippen molar-refractivity contribution in [3.63, 3.8) is 0 Å². The molecule has 0 spiro atoms. The van der Waals surface area contributed by atoms with Gasteiger partial charge in [0.1, 0.15) is 0 Å². The molecule has 2 nitrogen and oxygen atoms in total. The molecule has 0 saturated heterocycles. The number of nitrogens with one attached hydrogen (secondary N) is 1. The summed E-state index contributed by atoms with van der Waals surface area (Å²) in [5, 5.41) is 3.82. The summed E-state index contributed by atoms with van der Waals surface area (Å²) in [5.74, 6) is 3.07. The third-order valence-corrected chi connectivity index (χ3v) is 5.94. The van der Waals surface area contributed by atoms with Crippen molar-refractivity contribution in [1.29, 1.82) is 0 Å². The van der Waals surface area contributed by atoms with E-state index in [1.807, 2.05) is 0 Å². The fourth-order valence-corrected chi connectivity index (χ4v) is 4.42. The lowest BCUT2D eigenvalue weighted by Crippen LogP contribution is -2.54. The second-order valence-electron chi connectivity index (χ2n) is 8.04. The zero-order valence-electron chi connectivity index (χ0n) is 14.3. The second kappa shape index (κ2) is 7.46. The van der Waals surface area contributed by atoms with Crippen molar-refractivity contribution < 1.29 is 0 Å². The van der Waals surface area contributed by atoms with Crippen LogP contribution in [0.4, 0.5) is 0 Å². The summed E-state index contributed by atoms with van der Waals surface area (Å²) in [6, 6.07) is 1.59. The number of hydrogen-bond acceptors (Lipinski definition) is 2. The normalized spacial score (nSPS) is 33.6. The van der Waals surface area contributed by atoms with Crippen molar-refractivity contribution in [2.75, 3.05) is 19.6 Å². The molecule has 3 aliphatic carbocycles. The Bertz CT molecular complexity index is 295. The van der Waals surface area contributed by atoms with Crippen LogP contribution in [0.2, 0.25) is 0 Å². The zero-order valence-corrected chi connectivity index (χ0v) is 14.3. The minimum Gasteiger partial charge on any atom is -0.313 e. The second-order valence-corrected chi connectivity index (χ2v) is 8.04. The molecular formula is C19H36N2. The van der Waals surface area contributed by atoms with Gasteiger partial charge in [-0.1, -0.05) is 26.7 Å². The first-order valence-corrected chi connectivity index (χ1v) is 9.77. The standard InChI is InChI=1S/C19H36N2/c1-3-5-15-10-11-18(20-4-2)19(12-15)21(13-16-6-7-16)14-17-8-9-17/h15-20H,3-14H2,1-2H3. The predicted molar refractivity (Wildman–Crippen MR) is 90.5 cm³/mol. The van der Waals surface area contributed by atoms with Crippen LogP contribution in [-0.4, -0.2) is 36.6 Å². The summed E-state index contributed by atoms with van der Waals surface area (Å²) in [5.41, 5.74) is 0. The highest BCUT2D eigenvalue weighted by Crippen LogP contribution is 2.38. The van der Waals surface area contributed by atoms with Gasteiger partial charge in [-0.2, -0.15) is 0 Å². The first-order valence-electron chi connectivity index (χ1n) is 9.77. The molecule has 2 heteroatoms. The molecule has 3 aliphatic rings. The van der Waals surface area contributed by atoms with Crippen LogP contribution in [-0.2, 0) is 0 Å². The monoisotopic (exact) mass is 292 g/mol. The molecule has 3 atom stereocenters. The van der Waals surface area contributed by atoms with Gasteiger partial charge in [0.25, 0.3) is 0 Å². The van der Waals surface area contributed by atoms with E-state index in [0.29, 0.717) is 0 Å². The van der Waals surface area contributed by atoms with Crippen LogP contribution in [0.25, 0.3) is 0 Å². The molecule has 21 heavy (non-hydrogen) atoms. The summed E-state index contributed by atoms with van der Waals surface area (Å²) in [6.07, 6.45) is 13.2. The molecular weight excluding hydrogens is 256 g/mol. The van der Waals surface area contributed by atoms with Crippen LogP contribution in [0.1, 0.15) is 71.6 Å². The Morgan fingerprint density at radius 1 is 0.857 bits per heavy atom. The summed E-state index contributed by atoms with van der Waals surface area (Å²) in [6.45, 7) is 8.59. The molecule has 0 radical (unpaired) electrons. The molecule has 0 heterocycles. The van der Waals surface area contributed by atoms with E-state index >= 15 is 0 Å². The van der Waals surface area contributed by atoms with Crippen molar-refractivity contribution in [3.8, 4) is 0 Å². The highest BCUT2D eigenvalue weighted by Gasteiger charge is 2.38. The van der Waals surface area contributed by atoms with Crippen molar-refractivity contribution in [1.82, 2.24) is 10.2 Å². The Morgan fingerprint density at radius 3 is 2.00 bits per heavy atom. The Morgan fingerprint density at radius 2 is 1.48 bits per heavy atom. The third kappa shape index (κ3) is 4.69. The van der Waals surface area contributed by atoms with E-state index < -0.39 is 0 Å². The van der Waals surface area contributed by atoms with E-state index in [-0.39, 0.29) is 0 Å². The van der Waals surface area contributed by atoms with Gasteiger partial charge in [0.2, 0.25) is 0 Å². The van der Waals surface area contributed by atoms with E-state index in [1.165, 1.54) is 70.9 Å². The largest absolute Gasteiger partial charge is 0.313 e. The minimum atomic E-state index is 0.764. The highest BCUT2D eigenvalue weighted by molar-refractivity contribution is 4.94. The Balaban J connectivity index is 1.63. The Hall–Kier alpha value is -0.0800. The molecule has 3 saturated carbocycles. The first-order chi connectivity index (χ1) is 10.3. The summed E-state index contributed by atoms with van der Waals surface area (Å²) in [4.78, 5) is 2.94. The van der Waals surface area contributed by atoms with Crippen LogP contribution in [0.5, 0.6) is 0 Å². The van der Waals surface area contributed by atoms with Gasteiger partial charge < -0.3 is 5.32 Å². The fourth-order valence-electron chi connectivity index (χ4n) is 4.42. The van der Waals surface area contributed by atoms with Gasteiger partial charge in [-0.25, -0.2) is 0 Å². The molecule has 0 amide bonds. The van der Waals surface area contributed by atoms with E-state index in [0.717, 1.165) is 36.4 Å². The molecule has 0 bridgehead atoms. The van der Waals surface area contributed by atoms with Crippen molar-refractivity contribution in [2.24, 2.45) is 17.8 Å². The first kappa shape index (κ1) is 15.8. The lowest BCUT2D eigenvalue weighted by molar-refractivity contribution is 0.0859. The summed E-state index contributed by atoms with van der Waals surface area (Å²) >= 11 is 0. The number of rotatable bonds is 9. The van der Waals surface area contributed by atoms with E-state index in [1.54, 1.807) is 0 Å². The predicted octanol–water partition coefficient (Wildman–Crippen LogP) is 4.06. The maximum absolute atomic E-state index is 3.82. The van der Waals surface area contributed by atoms with Gasteiger partial charge in [-0.15, -0.1) is 0 Å². The maximum Gasteiger partial charge on any atom is 0.0252 e. The number of nitrogens with zero attached hydrogens (tertiary/aromatic N) is 1. The summed E-state index contributed by atoms with van der Waals surface area (Å²) < 4.78 is 0. The van der Waals surface area contributed by atoms with Crippen molar-refractivity contribution in [3.05, 3.63) is 0 Å². The lowest BCUT2D eigenvalue weighted by atomic mass is 9.79. The molecule has 0 aromatic carbocycles. The zero-order chi connectivity index (χ0) is 14.7. The molecule has 3 rings (SSSR count).